The molecule has 0 atom stereocenters. The lowest BCUT2D eigenvalue weighted by atomic mass is 10.0. The first-order chi connectivity index (χ1) is 10.3. The van der Waals surface area contributed by atoms with Crippen molar-refractivity contribution in [1.29, 1.82) is 0 Å². The monoisotopic (exact) mass is 314 g/mol. The summed E-state index contributed by atoms with van der Waals surface area (Å²) in [6.07, 6.45) is 4.06. The van der Waals surface area contributed by atoms with Gasteiger partial charge in [-0.3, -0.25) is 4.79 Å². The van der Waals surface area contributed by atoms with Gasteiger partial charge in [0.25, 0.3) is 0 Å². The first-order valence-corrected chi connectivity index (χ1v) is 9.31. The molecule has 3 heteroatoms. The topological polar surface area (TPSA) is 17.1 Å². The van der Waals surface area contributed by atoms with Crippen LogP contribution in [0.25, 0.3) is 4.91 Å². The molecule has 0 fully saturated rings. The molecule has 0 aliphatic carbocycles. The van der Waals surface area contributed by atoms with Crippen LogP contribution in [0.4, 0.5) is 0 Å². The van der Waals surface area contributed by atoms with Gasteiger partial charge in [-0.05, 0) is 18.1 Å². The molecule has 2 rings (SSSR count). The second-order valence-corrected chi connectivity index (χ2v) is 6.19. The molecule has 0 heterocycles. The van der Waals surface area contributed by atoms with Crippen LogP contribution >= 0.6 is 23.5 Å². The fraction of sp³-hybridized carbons (Fsp3) is 0.167. The van der Waals surface area contributed by atoms with Gasteiger partial charge in [-0.1, -0.05) is 60.7 Å². The Kier molecular flexibility index (Phi) is 6.15. The van der Waals surface area contributed by atoms with Crippen molar-refractivity contribution in [3.63, 3.8) is 0 Å². The summed E-state index contributed by atoms with van der Waals surface area (Å²) in [5.41, 5.74) is 2.75. The Hall–Kier alpha value is -1.45. The molecule has 1 nitrogen and oxygen atoms in total. The fourth-order valence-electron chi connectivity index (χ4n) is 2.15. The molecule has 2 aromatic carbocycles. The summed E-state index contributed by atoms with van der Waals surface area (Å²) < 4.78 is 0. The third-order valence-electron chi connectivity index (χ3n) is 3.11. The molecule has 0 aliphatic rings. The van der Waals surface area contributed by atoms with Gasteiger partial charge in [0.2, 0.25) is 0 Å². The van der Waals surface area contributed by atoms with Crippen LogP contribution in [0.15, 0.2) is 66.2 Å². The molecule has 108 valence electrons. The normalized spacial score (nSPS) is 11.9. The van der Waals surface area contributed by atoms with Gasteiger partial charge < -0.3 is 0 Å². The number of rotatable bonds is 6. The van der Waals surface area contributed by atoms with Gasteiger partial charge >= 0.3 is 0 Å². The molecule has 0 unspecified atom stereocenters. The van der Waals surface area contributed by atoms with Crippen LogP contribution in [-0.2, 0) is 0 Å². The summed E-state index contributed by atoms with van der Waals surface area (Å²) in [6, 6.07) is 19.6. The summed E-state index contributed by atoms with van der Waals surface area (Å²) >= 11 is 3.32. The van der Waals surface area contributed by atoms with E-state index in [1.54, 1.807) is 23.5 Å². The Balaban J connectivity index is 2.50. The van der Waals surface area contributed by atoms with E-state index in [4.69, 9.17) is 0 Å². The first kappa shape index (κ1) is 15.9. The largest absolute Gasteiger partial charge is 0.289 e. The highest BCUT2D eigenvalue weighted by atomic mass is 32.2. The summed E-state index contributed by atoms with van der Waals surface area (Å²) in [6.45, 7) is 0. The summed E-state index contributed by atoms with van der Waals surface area (Å²) in [5.74, 6) is 0.844. The molecule has 0 saturated carbocycles. The smallest absolute Gasteiger partial charge is 0.190 e. The molecule has 2 aromatic rings. The van der Waals surface area contributed by atoms with Crippen molar-refractivity contribution in [3.05, 3.63) is 77.4 Å². The summed E-state index contributed by atoms with van der Waals surface area (Å²) in [4.78, 5) is 13.9. The maximum atomic E-state index is 12.8. The Morgan fingerprint density at radius 2 is 1.38 bits per heavy atom. The Labute approximate surface area is 134 Å². The number of carbonyl (C=O) groups excluding carboxylic acids is 1. The van der Waals surface area contributed by atoms with Gasteiger partial charge in [-0.2, -0.15) is 11.8 Å². The minimum Gasteiger partial charge on any atom is -0.289 e. The SMILES string of the molecule is CSC/C(C(=O)c1ccccc1)=C(\SC)c1ccccc1. The molecule has 0 spiro atoms. The standard InChI is InChI=1S/C18H18OS2/c1-20-13-16(17(19)14-9-5-3-6-10-14)18(21-2)15-11-7-4-8-12-15/h3-12H,13H2,1-2H3/b18-16+. The van der Waals surface area contributed by atoms with Crippen molar-refractivity contribution in [2.45, 2.75) is 0 Å². The lowest BCUT2D eigenvalue weighted by Crippen LogP contribution is -2.08. The van der Waals surface area contributed by atoms with Crippen molar-refractivity contribution in [2.75, 3.05) is 18.3 Å². The van der Waals surface area contributed by atoms with E-state index in [2.05, 4.69) is 12.1 Å². The quantitative estimate of drug-likeness (QED) is 0.551. The molecule has 0 saturated heterocycles. The third kappa shape index (κ3) is 4.02. The molecule has 0 aromatic heterocycles. The number of carbonyl (C=O) groups is 1. The van der Waals surface area contributed by atoms with Crippen LogP contribution in [0, 0.1) is 0 Å². The lowest BCUT2D eigenvalue weighted by molar-refractivity contribution is 0.103. The van der Waals surface area contributed by atoms with Crippen LogP contribution in [0.3, 0.4) is 0 Å². The fourth-order valence-corrected chi connectivity index (χ4v) is 3.59. The molecular formula is C18H18OS2. The zero-order chi connectivity index (χ0) is 15.1. The first-order valence-electron chi connectivity index (χ1n) is 6.69. The Morgan fingerprint density at radius 3 is 1.86 bits per heavy atom. The van der Waals surface area contributed by atoms with Crippen LogP contribution in [-0.4, -0.2) is 24.0 Å². The highest BCUT2D eigenvalue weighted by Crippen LogP contribution is 2.31. The highest BCUT2D eigenvalue weighted by Gasteiger charge is 2.17. The minimum absolute atomic E-state index is 0.123. The molecule has 0 aliphatic heterocycles. The van der Waals surface area contributed by atoms with Crippen molar-refractivity contribution >= 4 is 34.2 Å². The predicted molar refractivity (Wildman–Crippen MR) is 96.0 cm³/mol. The van der Waals surface area contributed by atoms with E-state index in [1.807, 2.05) is 61.0 Å². The molecule has 0 amide bonds. The van der Waals surface area contributed by atoms with Gasteiger partial charge in [0.15, 0.2) is 5.78 Å². The summed E-state index contributed by atoms with van der Waals surface area (Å²) in [5, 5.41) is 0. The lowest BCUT2D eigenvalue weighted by Gasteiger charge is -2.13. The average Bonchev–Trinajstić information content (AvgIpc) is 2.56. The number of hydrogen-bond donors (Lipinski definition) is 0. The van der Waals surface area contributed by atoms with E-state index in [1.165, 1.54) is 0 Å². The molecule has 21 heavy (non-hydrogen) atoms. The molecular weight excluding hydrogens is 296 g/mol. The van der Waals surface area contributed by atoms with E-state index < -0.39 is 0 Å². The van der Waals surface area contributed by atoms with Gasteiger partial charge in [-0.25, -0.2) is 0 Å². The highest BCUT2D eigenvalue weighted by molar-refractivity contribution is 8.07. The Bertz CT molecular complexity index is 618. The molecule has 0 bridgehead atoms. The van der Waals surface area contributed by atoms with E-state index in [-0.39, 0.29) is 5.78 Å². The third-order valence-corrected chi connectivity index (χ3v) is 4.58. The zero-order valence-corrected chi connectivity index (χ0v) is 13.8. The van der Waals surface area contributed by atoms with Gasteiger partial charge in [0.05, 0.1) is 0 Å². The maximum Gasteiger partial charge on any atom is 0.190 e. The van der Waals surface area contributed by atoms with E-state index >= 15 is 0 Å². The van der Waals surface area contributed by atoms with Crippen LogP contribution < -0.4 is 0 Å². The Morgan fingerprint density at radius 1 is 0.857 bits per heavy atom. The second kappa shape index (κ2) is 8.11. The van der Waals surface area contributed by atoms with E-state index in [0.29, 0.717) is 0 Å². The van der Waals surface area contributed by atoms with E-state index in [9.17, 15) is 4.79 Å². The number of Topliss-reactive ketones (excluding diaryl/α,β-unsaturated/α-hetero) is 1. The molecule has 0 N–H and O–H groups in total. The van der Waals surface area contributed by atoms with Gasteiger partial charge in [0, 0.05) is 21.8 Å². The second-order valence-electron chi connectivity index (χ2n) is 4.51. The van der Waals surface area contributed by atoms with E-state index in [0.717, 1.165) is 27.4 Å². The van der Waals surface area contributed by atoms with Gasteiger partial charge in [0.1, 0.15) is 0 Å². The van der Waals surface area contributed by atoms with Crippen molar-refractivity contribution in [3.8, 4) is 0 Å². The number of hydrogen-bond acceptors (Lipinski definition) is 3. The predicted octanol–water partition coefficient (Wildman–Crippen LogP) is 5.01. The van der Waals surface area contributed by atoms with Gasteiger partial charge in [-0.15, -0.1) is 11.8 Å². The zero-order valence-electron chi connectivity index (χ0n) is 12.2. The maximum absolute atomic E-state index is 12.8. The minimum atomic E-state index is 0.123. The van der Waals surface area contributed by atoms with Crippen molar-refractivity contribution in [1.82, 2.24) is 0 Å². The van der Waals surface area contributed by atoms with Crippen molar-refractivity contribution in [2.24, 2.45) is 0 Å². The summed E-state index contributed by atoms with van der Waals surface area (Å²) in [7, 11) is 0. The number of benzene rings is 2. The average molecular weight is 314 g/mol. The van der Waals surface area contributed by atoms with Crippen LogP contribution in [0.2, 0.25) is 0 Å². The number of ketones is 1. The van der Waals surface area contributed by atoms with Crippen LogP contribution in [0.5, 0.6) is 0 Å². The molecule has 0 radical (unpaired) electrons. The number of thioether (sulfide) groups is 2. The van der Waals surface area contributed by atoms with Crippen molar-refractivity contribution < 1.29 is 4.79 Å². The van der Waals surface area contributed by atoms with Crippen LogP contribution in [0.1, 0.15) is 15.9 Å².